The number of methoxy groups -OCH3 is 3. The van der Waals surface area contributed by atoms with Crippen LogP contribution in [0.2, 0.25) is 0 Å². The molecule has 0 bridgehead atoms. The minimum atomic E-state index is 0.492. The average molecular weight is 559 g/mol. The second-order valence-electron chi connectivity index (χ2n) is 10.3. The molecule has 1 aliphatic heterocycles. The summed E-state index contributed by atoms with van der Waals surface area (Å²) in [5.41, 5.74) is 3.47. The van der Waals surface area contributed by atoms with Crippen molar-refractivity contribution in [3.8, 4) is 29.1 Å². The Kier molecular flexibility index (Phi) is 10.7. The van der Waals surface area contributed by atoms with E-state index in [-0.39, 0.29) is 0 Å². The zero-order valence-corrected chi connectivity index (χ0v) is 25.1. The molecule has 9 heteroatoms. The maximum Gasteiger partial charge on any atom is 0.227 e. The molecule has 0 atom stereocenters. The molecular formula is C32H42N6O3. The molecule has 2 heterocycles. The Morgan fingerprint density at radius 2 is 1.54 bits per heavy atom. The molecule has 0 radical (unpaired) electrons. The van der Waals surface area contributed by atoms with Gasteiger partial charge in [-0.25, -0.2) is 9.97 Å². The van der Waals surface area contributed by atoms with Crippen LogP contribution in [0.4, 0.5) is 17.3 Å². The maximum atomic E-state index is 5.79. The lowest BCUT2D eigenvalue weighted by molar-refractivity contribution is 0.162. The van der Waals surface area contributed by atoms with Crippen molar-refractivity contribution >= 4 is 17.3 Å². The van der Waals surface area contributed by atoms with Gasteiger partial charge in [0.05, 0.1) is 32.6 Å². The molecule has 4 rings (SSSR count). The van der Waals surface area contributed by atoms with Gasteiger partial charge in [0.1, 0.15) is 17.2 Å². The van der Waals surface area contributed by atoms with Gasteiger partial charge in [-0.05, 0) is 57.7 Å². The summed E-state index contributed by atoms with van der Waals surface area (Å²) in [5, 5.41) is 3.28. The van der Waals surface area contributed by atoms with Gasteiger partial charge in [0.15, 0.2) is 0 Å². The molecule has 0 saturated carbocycles. The Morgan fingerprint density at radius 1 is 0.878 bits per heavy atom. The Bertz CT molecular complexity index is 1310. The van der Waals surface area contributed by atoms with Crippen LogP contribution in [0.25, 0.3) is 0 Å². The van der Waals surface area contributed by atoms with E-state index in [9.17, 15) is 0 Å². The molecule has 1 N–H and O–H groups in total. The largest absolute Gasteiger partial charge is 0.497 e. The Morgan fingerprint density at radius 3 is 2.12 bits per heavy atom. The quantitative estimate of drug-likeness (QED) is 0.343. The van der Waals surface area contributed by atoms with E-state index in [1.807, 2.05) is 30.3 Å². The highest BCUT2D eigenvalue weighted by Crippen LogP contribution is 2.34. The third kappa shape index (κ3) is 8.26. The Labute approximate surface area is 244 Å². The van der Waals surface area contributed by atoms with E-state index in [2.05, 4.69) is 68.9 Å². The fraction of sp³-hybridized carbons (Fsp3) is 0.438. The topological polar surface area (TPSA) is 75.2 Å². The van der Waals surface area contributed by atoms with E-state index in [4.69, 9.17) is 14.2 Å². The zero-order chi connectivity index (χ0) is 29.2. The molecule has 1 fully saturated rings. The Balaban J connectivity index is 1.37. The second-order valence-corrected chi connectivity index (χ2v) is 10.3. The van der Waals surface area contributed by atoms with E-state index in [1.165, 1.54) is 0 Å². The highest BCUT2D eigenvalue weighted by Gasteiger charge is 2.25. The van der Waals surface area contributed by atoms with Crippen LogP contribution in [0.5, 0.6) is 17.2 Å². The number of hydrogen-bond donors (Lipinski definition) is 1. The first-order chi connectivity index (χ1) is 19.9. The van der Waals surface area contributed by atoms with Crippen LogP contribution in [0.3, 0.4) is 0 Å². The van der Waals surface area contributed by atoms with Gasteiger partial charge in [0.2, 0.25) is 5.95 Å². The van der Waals surface area contributed by atoms with Crippen molar-refractivity contribution in [2.45, 2.75) is 25.8 Å². The smallest absolute Gasteiger partial charge is 0.227 e. The molecule has 0 spiro atoms. The van der Waals surface area contributed by atoms with Crippen LogP contribution in [-0.2, 0) is 0 Å². The summed E-state index contributed by atoms with van der Waals surface area (Å²) in [5.74, 6) is 8.92. The van der Waals surface area contributed by atoms with Gasteiger partial charge >= 0.3 is 0 Å². The SMILES string of the molecule is CCN(CCN(C)C)C1CCN(c2ccc(Nc3ncc(C#Cc4cc(OC)cc(OC)c4)cn3)cc2OC)CC1. The van der Waals surface area contributed by atoms with E-state index in [0.29, 0.717) is 29.1 Å². The fourth-order valence-electron chi connectivity index (χ4n) is 5.03. The summed E-state index contributed by atoms with van der Waals surface area (Å²) in [4.78, 5) is 16.2. The summed E-state index contributed by atoms with van der Waals surface area (Å²) in [6.45, 7) is 7.59. The molecule has 0 unspecified atom stereocenters. The van der Waals surface area contributed by atoms with Crippen molar-refractivity contribution in [1.82, 2.24) is 19.8 Å². The lowest BCUT2D eigenvalue weighted by Gasteiger charge is -2.39. The molecule has 2 aromatic carbocycles. The number of rotatable bonds is 11. The lowest BCUT2D eigenvalue weighted by Crippen LogP contribution is -2.46. The number of nitrogens with zero attached hydrogens (tertiary/aromatic N) is 5. The van der Waals surface area contributed by atoms with Crippen molar-refractivity contribution in [3.63, 3.8) is 0 Å². The number of likely N-dealkylation sites (N-methyl/N-ethyl adjacent to an activating group) is 2. The standard InChI is InChI=1S/C32H42N6O3/c1-7-37(17-16-36(2)3)27-12-14-38(15-13-27)30-11-10-26(20-31(30)41-6)35-32-33-22-25(23-34-32)9-8-24-18-28(39-4)21-29(19-24)40-5/h10-11,18-23,27H,7,12-17H2,1-6H3,(H,33,34,35). The molecule has 1 aromatic heterocycles. The molecule has 218 valence electrons. The number of anilines is 3. The molecule has 41 heavy (non-hydrogen) atoms. The number of aromatic nitrogens is 2. The first-order valence-corrected chi connectivity index (χ1v) is 14.1. The average Bonchev–Trinajstić information content (AvgIpc) is 3.01. The van der Waals surface area contributed by atoms with Gasteiger partial charge < -0.3 is 29.3 Å². The minimum Gasteiger partial charge on any atom is -0.497 e. The molecule has 0 aliphatic carbocycles. The zero-order valence-electron chi connectivity index (χ0n) is 25.1. The minimum absolute atomic E-state index is 0.492. The molecule has 1 aliphatic rings. The highest BCUT2D eigenvalue weighted by atomic mass is 16.5. The maximum absolute atomic E-state index is 5.79. The third-order valence-corrected chi connectivity index (χ3v) is 7.35. The van der Waals surface area contributed by atoms with E-state index in [0.717, 1.165) is 68.3 Å². The van der Waals surface area contributed by atoms with E-state index >= 15 is 0 Å². The monoisotopic (exact) mass is 558 g/mol. The van der Waals surface area contributed by atoms with Gasteiger partial charge in [-0.1, -0.05) is 18.8 Å². The number of nitrogens with one attached hydrogen (secondary N) is 1. The number of ether oxygens (including phenoxy) is 3. The van der Waals surface area contributed by atoms with Crippen LogP contribution in [0.1, 0.15) is 30.9 Å². The van der Waals surface area contributed by atoms with Crippen LogP contribution in [-0.4, -0.2) is 94.0 Å². The van der Waals surface area contributed by atoms with Gasteiger partial charge in [0, 0.05) is 68.0 Å². The molecule has 9 nitrogen and oxygen atoms in total. The van der Waals surface area contributed by atoms with Crippen molar-refractivity contribution in [2.24, 2.45) is 0 Å². The van der Waals surface area contributed by atoms with Crippen LogP contribution < -0.4 is 24.4 Å². The molecular weight excluding hydrogens is 516 g/mol. The van der Waals surface area contributed by atoms with Crippen molar-refractivity contribution in [3.05, 3.63) is 59.9 Å². The number of hydrogen-bond acceptors (Lipinski definition) is 9. The Hall–Kier alpha value is -4.00. The predicted molar refractivity (Wildman–Crippen MR) is 165 cm³/mol. The number of benzene rings is 2. The van der Waals surface area contributed by atoms with Crippen molar-refractivity contribution < 1.29 is 14.2 Å². The van der Waals surface area contributed by atoms with Gasteiger partial charge in [0.25, 0.3) is 0 Å². The third-order valence-electron chi connectivity index (χ3n) is 7.35. The molecule has 1 saturated heterocycles. The summed E-state index contributed by atoms with van der Waals surface area (Å²) in [6.07, 6.45) is 5.71. The van der Waals surface area contributed by atoms with Crippen molar-refractivity contribution in [2.75, 3.05) is 78.4 Å². The van der Waals surface area contributed by atoms with Crippen LogP contribution in [0, 0.1) is 11.8 Å². The van der Waals surface area contributed by atoms with Gasteiger partial charge in [-0.2, -0.15) is 0 Å². The van der Waals surface area contributed by atoms with Gasteiger partial charge in [-0.3, -0.25) is 4.90 Å². The predicted octanol–water partition coefficient (Wildman–Crippen LogP) is 4.50. The van der Waals surface area contributed by atoms with E-state index in [1.54, 1.807) is 33.7 Å². The lowest BCUT2D eigenvalue weighted by atomic mass is 10.0. The fourth-order valence-corrected chi connectivity index (χ4v) is 5.03. The second kappa shape index (κ2) is 14.6. The van der Waals surface area contributed by atoms with Crippen LogP contribution >= 0.6 is 0 Å². The summed E-state index contributed by atoms with van der Waals surface area (Å²) >= 11 is 0. The summed E-state index contributed by atoms with van der Waals surface area (Å²) in [7, 11) is 9.23. The normalized spacial score (nSPS) is 13.6. The number of piperidine rings is 1. The van der Waals surface area contributed by atoms with Crippen molar-refractivity contribution in [1.29, 1.82) is 0 Å². The first-order valence-electron chi connectivity index (χ1n) is 14.1. The molecule has 3 aromatic rings. The summed E-state index contributed by atoms with van der Waals surface area (Å²) < 4.78 is 16.4. The van der Waals surface area contributed by atoms with E-state index < -0.39 is 0 Å². The van der Waals surface area contributed by atoms with Crippen LogP contribution in [0.15, 0.2) is 48.8 Å². The first kappa shape index (κ1) is 30.0. The van der Waals surface area contributed by atoms with Gasteiger partial charge in [-0.15, -0.1) is 0 Å². The highest BCUT2D eigenvalue weighted by molar-refractivity contribution is 5.67. The molecule has 0 amide bonds. The summed E-state index contributed by atoms with van der Waals surface area (Å²) in [6, 6.07) is 12.3.